The van der Waals surface area contributed by atoms with Crippen molar-refractivity contribution in [3.8, 4) is 11.1 Å². The Hall–Kier alpha value is -3.46. The quantitative estimate of drug-likeness (QED) is 0.362. The molecule has 0 atom stereocenters. The molecule has 5 aromatic rings. The van der Waals surface area contributed by atoms with E-state index in [4.69, 9.17) is 5.73 Å². The van der Waals surface area contributed by atoms with E-state index in [1.54, 1.807) is 11.8 Å². The first kappa shape index (κ1) is 16.5. The molecule has 0 aliphatic heterocycles. The number of rotatable bonds is 1. The fourth-order valence-corrected chi connectivity index (χ4v) is 4.83. The summed E-state index contributed by atoms with van der Waals surface area (Å²) in [4.78, 5) is 8.78. The van der Waals surface area contributed by atoms with E-state index in [0.29, 0.717) is 5.82 Å². The van der Waals surface area contributed by atoms with Gasteiger partial charge in [0.05, 0.1) is 5.52 Å². The lowest BCUT2D eigenvalue weighted by Gasteiger charge is -2.19. The van der Waals surface area contributed by atoms with Gasteiger partial charge in [-0.15, -0.1) is 0 Å². The second-order valence-electron chi connectivity index (χ2n) is 8.00. The molecule has 140 valence electrons. The lowest BCUT2D eigenvalue weighted by molar-refractivity contribution is 0.690. The lowest BCUT2D eigenvalue weighted by Crippen LogP contribution is -2.03. The molecule has 0 saturated carbocycles. The normalized spacial score (nSPS) is 13.8. The van der Waals surface area contributed by atoms with Crippen LogP contribution in [0.5, 0.6) is 0 Å². The Morgan fingerprint density at radius 3 is 2.59 bits per heavy atom. The van der Waals surface area contributed by atoms with Crippen molar-refractivity contribution in [2.24, 2.45) is 0 Å². The molecule has 29 heavy (non-hydrogen) atoms. The second kappa shape index (κ2) is 6.28. The molecule has 3 aromatic carbocycles. The van der Waals surface area contributed by atoms with Gasteiger partial charge in [-0.3, -0.25) is 4.98 Å². The highest BCUT2D eigenvalue weighted by atomic mass is 14.8. The average molecular weight is 375 g/mol. The van der Waals surface area contributed by atoms with E-state index in [2.05, 4.69) is 58.5 Å². The maximum Gasteiger partial charge on any atom is 0.132 e. The van der Waals surface area contributed by atoms with Crippen LogP contribution in [0.2, 0.25) is 0 Å². The summed E-state index contributed by atoms with van der Waals surface area (Å²) in [5.41, 5.74) is 12.3. The Morgan fingerprint density at radius 2 is 1.62 bits per heavy atom. The summed E-state index contributed by atoms with van der Waals surface area (Å²) in [6.07, 6.45) is 8.60. The third kappa shape index (κ3) is 2.58. The van der Waals surface area contributed by atoms with Gasteiger partial charge in [-0.25, -0.2) is 4.98 Å². The Kier molecular flexibility index (Phi) is 3.57. The van der Waals surface area contributed by atoms with Crippen LogP contribution in [0.25, 0.3) is 43.6 Å². The van der Waals surface area contributed by atoms with Crippen LogP contribution in [0, 0.1) is 0 Å². The molecule has 0 radical (unpaired) electrons. The first-order chi connectivity index (χ1) is 14.3. The fraction of sp³-hybridized carbons (Fsp3) is 0.154. The minimum Gasteiger partial charge on any atom is -0.383 e. The smallest absolute Gasteiger partial charge is 0.132 e. The van der Waals surface area contributed by atoms with E-state index in [0.717, 1.165) is 22.0 Å². The third-order valence-corrected chi connectivity index (χ3v) is 6.30. The number of nitrogen functional groups attached to an aromatic ring is 1. The van der Waals surface area contributed by atoms with Crippen molar-refractivity contribution in [2.75, 3.05) is 5.73 Å². The third-order valence-electron chi connectivity index (χ3n) is 6.30. The largest absolute Gasteiger partial charge is 0.383 e. The van der Waals surface area contributed by atoms with E-state index in [-0.39, 0.29) is 0 Å². The van der Waals surface area contributed by atoms with Crippen molar-refractivity contribution >= 4 is 38.3 Å². The molecule has 1 aliphatic rings. The van der Waals surface area contributed by atoms with Crippen molar-refractivity contribution in [3.63, 3.8) is 0 Å². The maximum absolute atomic E-state index is 6.30. The summed E-state index contributed by atoms with van der Waals surface area (Å²) >= 11 is 0. The minimum atomic E-state index is 0.554. The highest BCUT2D eigenvalue weighted by Crippen LogP contribution is 2.36. The topological polar surface area (TPSA) is 51.8 Å². The van der Waals surface area contributed by atoms with E-state index < -0.39 is 0 Å². The van der Waals surface area contributed by atoms with Gasteiger partial charge in [-0.2, -0.15) is 0 Å². The van der Waals surface area contributed by atoms with Gasteiger partial charge in [-0.05, 0) is 82.1 Å². The van der Waals surface area contributed by atoms with Gasteiger partial charge in [0, 0.05) is 23.3 Å². The number of pyridine rings is 2. The Balaban J connectivity index is 1.55. The van der Waals surface area contributed by atoms with Gasteiger partial charge in [0.25, 0.3) is 0 Å². The molecule has 2 aromatic heterocycles. The molecule has 6 rings (SSSR count). The van der Waals surface area contributed by atoms with Crippen molar-refractivity contribution in [2.45, 2.75) is 25.7 Å². The highest BCUT2D eigenvalue weighted by molar-refractivity contribution is 6.10. The average Bonchev–Trinajstić information content (AvgIpc) is 2.77. The predicted octanol–water partition coefficient (Wildman–Crippen LogP) is 6.06. The van der Waals surface area contributed by atoms with E-state index in [1.807, 2.05) is 12.3 Å². The van der Waals surface area contributed by atoms with Gasteiger partial charge in [0.1, 0.15) is 5.82 Å². The molecule has 0 fully saturated rings. The van der Waals surface area contributed by atoms with Crippen molar-refractivity contribution < 1.29 is 0 Å². The molecule has 1 aliphatic carbocycles. The van der Waals surface area contributed by atoms with E-state index in [1.165, 1.54) is 52.8 Å². The number of hydrogen-bond acceptors (Lipinski definition) is 3. The Morgan fingerprint density at radius 1 is 0.759 bits per heavy atom. The van der Waals surface area contributed by atoms with Gasteiger partial charge in [0.2, 0.25) is 0 Å². The van der Waals surface area contributed by atoms with Crippen molar-refractivity contribution in [3.05, 3.63) is 78.1 Å². The molecule has 2 N–H and O–H groups in total. The van der Waals surface area contributed by atoms with E-state index in [9.17, 15) is 0 Å². The van der Waals surface area contributed by atoms with E-state index >= 15 is 0 Å². The van der Waals surface area contributed by atoms with Crippen LogP contribution < -0.4 is 5.73 Å². The first-order valence-electron chi connectivity index (χ1n) is 10.3. The van der Waals surface area contributed by atoms with Crippen LogP contribution in [-0.2, 0) is 12.8 Å². The number of nitrogens with zero attached hydrogens (tertiary/aromatic N) is 2. The van der Waals surface area contributed by atoms with Gasteiger partial charge in [-0.1, -0.05) is 36.4 Å². The number of aryl methyl sites for hydroxylation is 2. The number of nitrogens with two attached hydrogens (primary N) is 1. The zero-order valence-electron chi connectivity index (χ0n) is 16.2. The van der Waals surface area contributed by atoms with Crippen molar-refractivity contribution in [1.82, 2.24) is 9.97 Å². The summed E-state index contributed by atoms with van der Waals surface area (Å²) in [7, 11) is 0. The zero-order chi connectivity index (χ0) is 19.4. The molecular weight excluding hydrogens is 354 g/mol. The molecule has 0 unspecified atom stereocenters. The first-order valence-corrected chi connectivity index (χ1v) is 10.3. The molecule has 0 amide bonds. The number of anilines is 1. The number of benzene rings is 3. The fourth-order valence-electron chi connectivity index (χ4n) is 4.83. The van der Waals surface area contributed by atoms with Crippen molar-refractivity contribution in [1.29, 1.82) is 0 Å². The molecular formula is C26H21N3. The predicted molar refractivity (Wildman–Crippen MR) is 121 cm³/mol. The molecule has 2 heterocycles. The summed E-state index contributed by atoms with van der Waals surface area (Å²) in [5.74, 6) is 0.554. The maximum atomic E-state index is 6.30. The van der Waals surface area contributed by atoms with Gasteiger partial charge in [0.15, 0.2) is 0 Å². The standard InChI is InChI=1S/C26H21N3/c27-26-24(14-19-15-28-12-11-25(19)29-26)18-6-8-21-17(13-18)7-10-22-20-4-2-1-3-16(20)5-9-23(21)22/h5-15H,1-4H2,(H2,27,29). The summed E-state index contributed by atoms with van der Waals surface area (Å²) in [5, 5.41) is 6.30. The molecule has 3 nitrogen and oxygen atoms in total. The molecule has 0 saturated heterocycles. The van der Waals surface area contributed by atoms with Crippen LogP contribution >= 0.6 is 0 Å². The summed E-state index contributed by atoms with van der Waals surface area (Å²) in [6.45, 7) is 0. The number of fused-ring (bicyclic) bond motifs is 6. The van der Waals surface area contributed by atoms with Gasteiger partial charge >= 0.3 is 0 Å². The van der Waals surface area contributed by atoms with Crippen LogP contribution in [0.3, 0.4) is 0 Å². The number of hydrogen-bond donors (Lipinski definition) is 1. The molecule has 3 heteroatoms. The minimum absolute atomic E-state index is 0.554. The summed E-state index contributed by atoms with van der Waals surface area (Å²) in [6, 6.07) is 19.8. The van der Waals surface area contributed by atoms with Crippen LogP contribution in [0.15, 0.2) is 67.0 Å². The Labute approximate surface area is 169 Å². The molecule has 0 spiro atoms. The van der Waals surface area contributed by atoms with Gasteiger partial charge < -0.3 is 5.73 Å². The SMILES string of the molecule is Nc1nc2ccncc2cc1-c1ccc2c(ccc3c4c(ccc32)CCCC4)c1. The Bertz CT molecular complexity index is 1420. The molecule has 0 bridgehead atoms. The summed E-state index contributed by atoms with van der Waals surface area (Å²) < 4.78 is 0. The monoisotopic (exact) mass is 375 g/mol. The number of aromatic nitrogens is 2. The lowest BCUT2D eigenvalue weighted by atomic mass is 9.86. The highest BCUT2D eigenvalue weighted by Gasteiger charge is 2.14. The second-order valence-corrected chi connectivity index (χ2v) is 8.00. The van der Waals surface area contributed by atoms with Crippen LogP contribution in [-0.4, -0.2) is 9.97 Å². The zero-order valence-corrected chi connectivity index (χ0v) is 16.2. The van der Waals surface area contributed by atoms with Crippen LogP contribution in [0.1, 0.15) is 24.0 Å². The van der Waals surface area contributed by atoms with Crippen LogP contribution in [0.4, 0.5) is 5.82 Å².